The molecule has 2 amide bonds. The molecule has 3 rings (SSSR count). The number of amides is 2. The van der Waals surface area contributed by atoms with Gasteiger partial charge in [0.05, 0.1) is 22.0 Å². The lowest BCUT2D eigenvalue weighted by Crippen LogP contribution is -2.30. The second-order valence-corrected chi connectivity index (χ2v) is 8.28. The van der Waals surface area contributed by atoms with Gasteiger partial charge in [0, 0.05) is 10.6 Å². The SMILES string of the molecule is CC(OC(=O)c1ccccc1SCC(=O)Nc1ccc(F)cc1)C(=O)Nc1ccccc1Cl. The molecule has 0 saturated heterocycles. The highest BCUT2D eigenvalue weighted by atomic mass is 35.5. The Hall–Kier alpha value is -3.36. The number of ether oxygens (including phenoxy) is 1. The summed E-state index contributed by atoms with van der Waals surface area (Å²) in [6.45, 7) is 1.45. The Morgan fingerprint density at radius 1 is 0.970 bits per heavy atom. The molecule has 33 heavy (non-hydrogen) atoms. The van der Waals surface area contributed by atoms with Gasteiger partial charge in [-0.05, 0) is 55.5 Å². The van der Waals surface area contributed by atoms with Gasteiger partial charge < -0.3 is 15.4 Å². The molecule has 0 aliphatic heterocycles. The summed E-state index contributed by atoms with van der Waals surface area (Å²) in [5, 5.41) is 5.64. The molecule has 170 valence electrons. The number of para-hydroxylation sites is 1. The molecule has 6 nitrogen and oxygen atoms in total. The number of hydrogen-bond donors (Lipinski definition) is 2. The summed E-state index contributed by atoms with van der Waals surface area (Å²) in [5.41, 5.74) is 1.11. The van der Waals surface area contributed by atoms with Crippen LogP contribution in [-0.4, -0.2) is 29.6 Å². The topological polar surface area (TPSA) is 84.5 Å². The largest absolute Gasteiger partial charge is 0.449 e. The van der Waals surface area contributed by atoms with E-state index in [-0.39, 0.29) is 17.2 Å². The van der Waals surface area contributed by atoms with Gasteiger partial charge in [-0.2, -0.15) is 0 Å². The lowest BCUT2D eigenvalue weighted by molar-refractivity contribution is -0.123. The monoisotopic (exact) mass is 486 g/mol. The molecule has 0 saturated carbocycles. The Balaban J connectivity index is 1.58. The van der Waals surface area contributed by atoms with Crippen LogP contribution >= 0.6 is 23.4 Å². The van der Waals surface area contributed by atoms with E-state index < -0.39 is 23.8 Å². The van der Waals surface area contributed by atoms with E-state index in [1.54, 1.807) is 48.5 Å². The molecular formula is C24H20ClFN2O4S. The zero-order chi connectivity index (χ0) is 23.8. The van der Waals surface area contributed by atoms with E-state index in [2.05, 4.69) is 10.6 Å². The van der Waals surface area contributed by atoms with E-state index >= 15 is 0 Å². The summed E-state index contributed by atoms with van der Waals surface area (Å²) in [4.78, 5) is 37.8. The van der Waals surface area contributed by atoms with Crippen LogP contribution in [0.15, 0.2) is 77.7 Å². The van der Waals surface area contributed by atoms with Gasteiger partial charge >= 0.3 is 5.97 Å². The van der Waals surface area contributed by atoms with E-state index in [0.29, 0.717) is 21.3 Å². The zero-order valence-electron chi connectivity index (χ0n) is 17.5. The fourth-order valence-electron chi connectivity index (χ4n) is 2.71. The van der Waals surface area contributed by atoms with E-state index in [9.17, 15) is 18.8 Å². The van der Waals surface area contributed by atoms with Gasteiger partial charge in [-0.3, -0.25) is 9.59 Å². The van der Waals surface area contributed by atoms with Crippen molar-refractivity contribution in [2.45, 2.75) is 17.9 Å². The van der Waals surface area contributed by atoms with Crippen LogP contribution in [0.2, 0.25) is 5.02 Å². The van der Waals surface area contributed by atoms with Gasteiger partial charge in [0.15, 0.2) is 6.10 Å². The molecule has 1 unspecified atom stereocenters. The van der Waals surface area contributed by atoms with Crippen LogP contribution in [0.5, 0.6) is 0 Å². The predicted molar refractivity (Wildman–Crippen MR) is 127 cm³/mol. The predicted octanol–water partition coefficient (Wildman–Crippen LogP) is 5.39. The smallest absolute Gasteiger partial charge is 0.340 e. The van der Waals surface area contributed by atoms with Crippen LogP contribution in [0.25, 0.3) is 0 Å². The number of halogens is 2. The van der Waals surface area contributed by atoms with Crippen LogP contribution in [-0.2, 0) is 14.3 Å². The minimum Gasteiger partial charge on any atom is -0.449 e. The first-order valence-electron chi connectivity index (χ1n) is 9.87. The summed E-state index contributed by atoms with van der Waals surface area (Å²) in [6.07, 6.45) is -1.08. The van der Waals surface area contributed by atoms with Crippen molar-refractivity contribution in [3.05, 3.63) is 89.2 Å². The summed E-state index contributed by atoms with van der Waals surface area (Å²) >= 11 is 7.18. The summed E-state index contributed by atoms with van der Waals surface area (Å²) in [7, 11) is 0. The Morgan fingerprint density at radius 3 is 2.36 bits per heavy atom. The van der Waals surface area contributed by atoms with Crippen LogP contribution < -0.4 is 10.6 Å². The van der Waals surface area contributed by atoms with Crippen molar-refractivity contribution in [1.29, 1.82) is 0 Å². The normalized spacial score (nSPS) is 11.4. The van der Waals surface area contributed by atoms with Crippen LogP contribution in [0.3, 0.4) is 0 Å². The molecule has 0 aliphatic rings. The number of carbonyl (C=O) groups excluding carboxylic acids is 3. The van der Waals surface area contributed by atoms with Crippen LogP contribution in [0.4, 0.5) is 15.8 Å². The minimum atomic E-state index is -1.08. The zero-order valence-corrected chi connectivity index (χ0v) is 19.1. The van der Waals surface area contributed by atoms with E-state index in [0.717, 1.165) is 11.8 Å². The molecule has 3 aromatic rings. The number of nitrogens with one attached hydrogen (secondary N) is 2. The Bertz CT molecular complexity index is 1160. The van der Waals surface area contributed by atoms with Gasteiger partial charge in [0.25, 0.3) is 5.91 Å². The maximum atomic E-state index is 13.0. The number of esters is 1. The van der Waals surface area contributed by atoms with Crippen LogP contribution in [0.1, 0.15) is 17.3 Å². The molecule has 3 aromatic carbocycles. The Labute approximate surface area is 199 Å². The number of anilines is 2. The Morgan fingerprint density at radius 2 is 1.64 bits per heavy atom. The average molecular weight is 487 g/mol. The van der Waals surface area contributed by atoms with Crippen molar-refractivity contribution < 1.29 is 23.5 Å². The molecule has 0 aliphatic carbocycles. The van der Waals surface area contributed by atoms with Crippen molar-refractivity contribution in [3.63, 3.8) is 0 Å². The molecule has 0 bridgehead atoms. The quantitative estimate of drug-likeness (QED) is 0.329. The lowest BCUT2D eigenvalue weighted by Gasteiger charge is -2.15. The van der Waals surface area contributed by atoms with E-state index in [4.69, 9.17) is 16.3 Å². The summed E-state index contributed by atoms with van der Waals surface area (Å²) < 4.78 is 18.3. The highest BCUT2D eigenvalue weighted by molar-refractivity contribution is 8.00. The second kappa shape index (κ2) is 11.5. The third kappa shape index (κ3) is 7.06. The van der Waals surface area contributed by atoms with E-state index in [1.807, 2.05) is 0 Å². The summed E-state index contributed by atoms with van der Waals surface area (Å²) in [5.74, 6) is -1.92. The number of benzene rings is 3. The third-order valence-corrected chi connectivity index (χ3v) is 5.78. The van der Waals surface area contributed by atoms with Gasteiger partial charge in [0.2, 0.25) is 5.91 Å². The van der Waals surface area contributed by atoms with Crippen molar-refractivity contribution in [3.8, 4) is 0 Å². The lowest BCUT2D eigenvalue weighted by atomic mass is 10.2. The number of rotatable bonds is 8. The highest BCUT2D eigenvalue weighted by Crippen LogP contribution is 2.25. The van der Waals surface area contributed by atoms with Crippen molar-refractivity contribution >= 4 is 52.5 Å². The fourth-order valence-corrected chi connectivity index (χ4v) is 3.73. The van der Waals surface area contributed by atoms with Gasteiger partial charge in [-0.15, -0.1) is 11.8 Å². The standard InChI is InChI=1S/C24H20ClFN2O4S/c1-15(23(30)28-20-8-4-3-7-19(20)25)32-24(31)18-6-2-5-9-21(18)33-14-22(29)27-17-12-10-16(26)11-13-17/h2-13,15H,14H2,1H3,(H,27,29)(H,28,30). The molecule has 0 spiro atoms. The van der Waals surface area contributed by atoms with Gasteiger partial charge in [0.1, 0.15) is 5.82 Å². The molecule has 0 radical (unpaired) electrons. The average Bonchev–Trinajstić information content (AvgIpc) is 2.80. The van der Waals surface area contributed by atoms with Crippen molar-refractivity contribution in [1.82, 2.24) is 0 Å². The molecule has 2 N–H and O–H groups in total. The van der Waals surface area contributed by atoms with Gasteiger partial charge in [-0.1, -0.05) is 35.9 Å². The minimum absolute atomic E-state index is 0.0181. The van der Waals surface area contributed by atoms with Crippen molar-refractivity contribution in [2.75, 3.05) is 16.4 Å². The third-order valence-electron chi connectivity index (χ3n) is 4.38. The first-order valence-corrected chi connectivity index (χ1v) is 11.2. The molecule has 9 heteroatoms. The molecule has 0 fully saturated rings. The molecule has 0 aromatic heterocycles. The molecule has 0 heterocycles. The summed E-state index contributed by atoms with van der Waals surface area (Å²) in [6, 6.07) is 18.8. The molecule has 1 atom stereocenters. The van der Waals surface area contributed by atoms with Crippen molar-refractivity contribution in [2.24, 2.45) is 0 Å². The number of hydrogen-bond acceptors (Lipinski definition) is 5. The van der Waals surface area contributed by atoms with E-state index in [1.165, 1.54) is 31.2 Å². The fraction of sp³-hybridized carbons (Fsp3) is 0.125. The first-order chi connectivity index (χ1) is 15.8. The maximum Gasteiger partial charge on any atom is 0.340 e. The Kier molecular flexibility index (Phi) is 8.46. The highest BCUT2D eigenvalue weighted by Gasteiger charge is 2.22. The number of carbonyl (C=O) groups is 3. The van der Waals surface area contributed by atoms with Gasteiger partial charge in [-0.25, -0.2) is 9.18 Å². The molecular weight excluding hydrogens is 467 g/mol. The first kappa shape index (κ1) is 24.3. The second-order valence-electron chi connectivity index (χ2n) is 6.86. The number of thioether (sulfide) groups is 1. The van der Waals surface area contributed by atoms with Crippen LogP contribution in [0, 0.1) is 5.82 Å². The maximum absolute atomic E-state index is 13.0.